The van der Waals surface area contributed by atoms with Gasteiger partial charge >= 0.3 is 0 Å². The van der Waals surface area contributed by atoms with Crippen molar-refractivity contribution < 1.29 is 4.39 Å². The normalized spacial score (nSPS) is 20.5. The van der Waals surface area contributed by atoms with Crippen molar-refractivity contribution in [3.05, 3.63) is 27.7 Å². The summed E-state index contributed by atoms with van der Waals surface area (Å²) in [6.45, 7) is 3.00. The Labute approximate surface area is 121 Å². The summed E-state index contributed by atoms with van der Waals surface area (Å²) in [6, 6.07) is 3.06. The molecule has 1 aliphatic rings. The minimum atomic E-state index is -0.402. The van der Waals surface area contributed by atoms with Crippen LogP contribution in [0.1, 0.15) is 6.42 Å². The largest absolute Gasteiger partial charge is 0.331 e. The highest BCUT2D eigenvalue weighted by molar-refractivity contribution is 7.71. The van der Waals surface area contributed by atoms with E-state index < -0.39 is 5.82 Å². The maximum atomic E-state index is 13.6. The molecule has 102 valence electrons. The van der Waals surface area contributed by atoms with Crippen LogP contribution in [0.2, 0.25) is 5.02 Å². The number of imidazole rings is 1. The van der Waals surface area contributed by atoms with E-state index in [1.165, 1.54) is 6.07 Å². The van der Waals surface area contributed by atoms with Crippen LogP contribution >= 0.6 is 23.8 Å². The minimum Gasteiger partial charge on any atom is -0.331 e. The van der Waals surface area contributed by atoms with E-state index in [-0.39, 0.29) is 5.02 Å². The van der Waals surface area contributed by atoms with Crippen molar-refractivity contribution in [3.63, 3.8) is 0 Å². The Bertz CT molecular complexity index is 678. The molecule has 3 rings (SSSR count). The maximum Gasteiger partial charge on any atom is 0.178 e. The Morgan fingerprint density at radius 3 is 3.00 bits per heavy atom. The SMILES string of the molecule is CN1CCC(Cn2c(=S)[nH]c3cc(Cl)c(F)cc32)C1. The van der Waals surface area contributed by atoms with Crippen molar-refractivity contribution in [2.75, 3.05) is 20.1 Å². The second-order valence-electron chi connectivity index (χ2n) is 5.24. The molecule has 1 aromatic carbocycles. The molecule has 0 saturated carbocycles. The number of aromatic amines is 1. The summed E-state index contributed by atoms with van der Waals surface area (Å²) in [5.74, 6) is 0.162. The van der Waals surface area contributed by atoms with Crippen molar-refractivity contribution in [1.82, 2.24) is 14.5 Å². The van der Waals surface area contributed by atoms with E-state index >= 15 is 0 Å². The number of hydrogen-bond acceptors (Lipinski definition) is 2. The number of rotatable bonds is 2. The van der Waals surface area contributed by atoms with Gasteiger partial charge in [0.25, 0.3) is 0 Å². The Morgan fingerprint density at radius 1 is 1.53 bits per heavy atom. The first-order valence-electron chi connectivity index (χ1n) is 6.30. The van der Waals surface area contributed by atoms with E-state index in [9.17, 15) is 4.39 Å². The van der Waals surface area contributed by atoms with E-state index in [2.05, 4.69) is 16.9 Å². The molecule has 0 bridgehead atoms. The lowest BCUT2D eigenvalue weighted by Crippen LogP contribution is -2.17. The third-order valence-electron chi connectivity index (χ3n) is 3.75. The van der Waals surface area contributed by atoms with Gasteiger partial charge in [-0.05, 0) is 44.2 Å². The van der Waals surface area contributed by atoms with Gasteiger partial charge in [-0.3, -0.25) is 0 Å². The summed E-state index contributed by atoms with van der Waals surface area (Å²) in [5.41, 5.74) is 1.59. The van der Waals surface area contributed by atoms with E-state index in [1.807, 2.05) is 4.57 Å². The zero-order valence-electron chi connectivity index (χ0n) is 10.6. The van der Waals surface area contributed by atoms with Crippen molar-refractivity contribution >= 4 is 34.9 Å². The van der Waals surface area contributed by atoms with Crippen LogP contribution in [0, 0.1) is 16.5 Å². The molecule has 1 saturated heterocycles. The average Bonchev–Trinajstić information content (AvgIpc) is 2.87. The summed E-state index contributed by atoms with van der Waals surface area (Å²) in [6.07, 6.45) is 1.15. The number of hydrogen-bond donors (Lipinski definition) is 1. The molecule has 0 spiro atoms. The first-order chi connectivity index (χ1) is 9.04. The second-order valence-corrected chi connectivity index (χ2v) is 6.04. The van der Waals surface area contributed by atoms with Crippen molar-refractivity contribution in [1.29, 1.82) is 0 Å². The van der Waals surface area contributed by atoms with Gasteiger partial charge in [0.05, 0.1) is 16.1 Å². The molecule has 3 nitrogen and oxygen atoms in total. The third kappa shape index (κ3) is 2.42. The van der Waals surface area contributed by atoms with Crippen molar-refractivity contribution in [2.24, 2.45) is 5.92 Å². The van der Waals surface area contributed by atoms with Crippen LogP contribution in [0.25, 0.3) is 11.0 Å². The molecule has 1 fully saturated rings. The number of benzene rings is 1. The highest BCUT2D eigenvalue weighted by atomic mass is 35.5. The van der Waals surface area contributed by atoms with E-state index in [1.54, 1.807) is 6.07 Å². The molecular formula is C13H15ClFN3S. The topological polar surface area (TPSA) is 24.0 Å². The van der Waals surface area contributed by atoms with Gasteiger partial charge in [-0.15, -0.1) is 0 Å². The first-order valence-corrected chi connectivity index (χ1v) is 7.09. The summed E-state index contributed by atoms with van der Waals surface area (Å²) >= 11 is 11.1. The number of aromatic nitrogens is 2. The van der Waals surface area contributed by atoms with Crippen LogP contribution in [0.3, 0.4) is 0 Å². The molecule has 0 amide bonds. The summed E-state index contributed by atoms with van der Waals surface area (Å²) < 4.78 is 16.2. The molecule has 0 radical (unpaired) electrons. The molecule has 2 aromatic rings. The second kappa shape index (κ2) is 4.89. The standard InChI is InChI=1S/C13H15ClFN3S/c1-17-3-2-8(6-17)7-18-12-5-10(15)9(14)4-11(12)16-13(18)19/h4-5,8H,2-3,6-7H2,1H3,(H,16,19). The third-order valence-corrected chi connectivity index (χ3v) is 4.36. The fraction of sp³-hybridized carbons (Fsp3) is 0.462. The molecule has 0 aliphatic carbocycles. The van der Waals surface area contributed by atoms with Crippen molar-refractivity contribution in [3.8, 4) is 0 Å². The average molecular weight is 300 g/mol. The van der Waals surface area contributed by atoms with Gasteiger partial charge < -0.3 is 14.5 Å². The number of H-pyrrole nitrogens is 1. The summed E-state index contributed by atoms with van der Waals surface area (Å²) in [5, 5.41) is 0.122. The molecule has 1 aromatic heterocycles. The van der Waals surface area contributed by atoms with Crippen LogP contribution < -0.4 is 0 Å². The van der Waals surface area contributed by atoms with Crippen LogP contribution in [0.5, 0.6) is 0 Å². The van der Waals surface area contributed by atoms with Gasteiger partial charge in [0.1, 0.15) is 5.82 Å². The number of nitrogens with one attached hydrogen (secondary N) is 1. The summed E-state index contributed by atoms with van der Waals surface area (Å²) in [4.78, 5) is 5.40. The lowest BCUT2D eigenvalue weighted by atomic mass is 10.1. The Hall–Kier alpha value is -0.910. The van der Waals surface area contributed by atoms with Crippen LogP contribution in [-0.2, 0) is 6.54 Å². The van der Waals surface area contributed by atoms with Gasteiger partial charge in [-0.25, -0.2) is 4.39 Å². The predicted octanol–water partition coefficient (Wildman–Crippen LogP) is 3.44. The number of halogens is 2. The van der Waals surface area contributed by atoms with Gasteiger partial charge in [0, 0.05) is 19.2 Å². The van der Waals surface area contributed by atoms with Gasteiger partial charge in [0.2, 0.25) is 0 Å². The minimum absolute atomic E-state index is 0.122. The fourth-order valence-corrected chi connectivity index (χ4v) is 3.21. The van der Waals surface area contributed by atoms with Crippen LogP contribution in [0.15, 0.2) is 12.1 Å². The maximum absolute atomic E-state index is 13.6. The van der Waals surface area contributed by atoms with Gasteiger partial charge in [-0.1, -0.05) is 11.6 Å². The lowest BCUT2D eigenvalue weighted by Gasteiger charge is -2.12. The Balaban J connectivity index is 2.01. The monoisotopic (exact) mass is 299 g/mol. The summed E-state index contributed by atoms with van der Waals surface area (Å²) in [7, 11) is 2.12. The van der Waals surface area contributed by atoms with E-state index in [4.69, 9.17) is 23.8 Å². The quantitative estimate of drug-likeness (QED) is 0.859. The number of nitrogens with zero attached hydrogens (tertiary/aromatic N) is 2. The van der Waals surface area contributed by atoms with Crippen LogP contribution in [-0.4, -0.2) is 34.6 Å². The predicted molar refractivity (Wildman–Crippen MR) is 77.7 cm³/mol. The molecule has 6 heteroatoms. The van der Waals surface area contributed by atoms with E-state index in [0.29, 0.717) is 10.7 Å². The molecule has 1 atom stereocenters. The van der Waals surface area contributed by atoms with Gasteiger partial charge in [-0.2, -0.15) is 0 Å². The molecule has 2 heterocycles. The Morgan fingerprint density at radius 2 is 2.32 bits per heavy atom. The number of fused-ring (bicyclic) bond motifs is 1. The van der Waals surface area contributed by atoms with Crippen LogP contribution in [0.4, 0.5) is 4.39 Å². The van der Waals surface area contributed by atoms with Gasteiger partial charge in [0.15, 0.2) is 4.77 Å². The highest BCUT2D eigenvalue weighted by Crippen LogP contribution is 2.25. The molecule has 1 aliphatic heterocycles. The molecular weight excluding hydrogens is 285 g/mol. The number of likely N-dealkylation sites (tertiary alicyclic amines) is 1. The zero-order valence-corrected chi connectivity index (χ0v) is 12.2. The zero-order chi connectivity index (χ0) is 13.6. The Kier molecular flexibility index (Phi) is 3.37. The van der Waals surface area contributed by atoms with E-state index in [0.717, 1.165) is 37.1 Å². The molecule has 19 heavy (non-hydrogen) atoms. The first kappa shape index (κ1) is 13.1. The molecule has 1 unspecified atom stereocenters. The molecule has 1 N–H and O–H groups in total. The highest BCUT2D eigenvalue weighted by Gasteiger charge is 2.21. The fourth-order valence-electron chi connectivity index (χ4n) is 2.77. The smallest absolute Gasteiger partial charge is 0.178 e. The lowest BCUT2D eigenvalue weighted by molar-refractivity contribution is 0.379. The van der Waals surface area contributed by atoms with Crippen molar-refractivity contribution in [2.45, 2.75) is 13.0 Å².